The maximum absolute atomic E-state index is 12.2. The largest absolute Gasteiger partial charge is 0.350 e. The lowest BCUT2D eigenvalue weighted by molar-refractivity contribution is 0.0929. The molecule has 3 nitrogen and oxygen atoms in total. The van der Waals surface area contributed by atoms with Gasteiger partial charge in [-0.3, -0.25) is 4.79 Å². The van der Waals surface area contributed by atoms with Crippen LogP contribution < -0.4 is 10.6 Å². The predicted octanol–water partition coefficient (Wildman–Crippen LogP) is 3.27. The molecule has 20 heavy (non-hydrogen) atoms. The summed E-state index contributed by atoms with van der Waals surface area (Å²) in [5.74, 6) is -0.00567. The van der Waals surface area contributed by atoms with Gasteiger partial charge in [0.25, 0.3) is 5.91 Å². The fourth-order valence-corrected chi connectivity index (χ4v) is 3.03. The van der Waals surface area contributed by atoms with Crippen molar-refractivity contribution in [3.8, 4) is 0 Å². The van der Waals surface area contributed by atoms with Crippen LogP contribution in [-0.4, -0.2) is 25.0 Å². The van der Waals surface area contributed by atoms with Gasteiger partial charge >= 0.3 is 0 Å². The molecule has 1 atom stereocenters. The minimum Gasteiger partial charge on any atom is -0.350 e. The molecule has 1 heterocycles. The smallest absolute Gasteiger partial charge is 0.251 e. The van der Waals surface area contributed by atoms with Crippen LogP contribution in [0.5, 0.6) is 0 Å². The molecule has 4 heteroatoms. The van der Waals surface area contributed by atoms with Crippen molar-refractivity contribution in [1.82, 2.24) is 10.6 Å². The van der Waals surface area contributed by atoms with Gasteiger partial charge in [0.05, 0.1) is 0 Å². The first kappa shape index (κ1) is 15.5. The fourth-order valence-electron chi connectivity index (χ4n) is 2.65. The van der Waals surface area contributed by atoms with E-state index < -0.39 is 0 Å². The summed E-state index contributed by atoms with van der Waals surface area (Å²) in [4.78, 5) is 12.2. The Hall–Kier alpha value is -0.870. The Morgan fingerprint density at radius 1 is 1.50 bits per heavy atom. The summed E-state index contributed by atoms with van der Waals surface area (Å²) < 4.78 is 0.973. The molecule has 1 aromatic rings. The minimum absolute atomic E-state index is 0.00567. The second-order valence-electron chi connectivity index (χ2n) is 6.27. The Bertz CT molecular complexity index is 499. The lowest BCUT2D eigenvalue weighted by atomic mass is 9.77. The van der Waals surface area contributed by atoms with Crippen LogP contribution in [0.1, 0.15) is 42.6 Å². The summed E-state index contributed by atoms with van der Waals surface area (Å²) in [6, 6.07) is 6.05. The number of nitrogens with one attached hydrogen (secondary N) is 2. The minimum atomic E-state index is -0.00567. The predicted molar refractivity (Wildman–Crippen MR) is 86.0 cm³/mol. The van der Waals surface area contributed by atoms with E-state index in [9.17, 15) is 4.79 Å². The van der Waals surface area contributed by atoms with Gasteiger partial charge in [0, 0.05) is 22.6 Å². The van der Waals surface area contributed by atoms with Crippen LogP contribution in [0.2, 0.25) is 0 Å². The van der Waals surface area contributed by atoms with E-state index in [1.165, 1.54) is 12.8 Å². The summed E-state index contributed by atoms with van der Waals surface area (Å²) in [6.45, 7) is 8.26. The molecule has 1 unspecified atom stereocenters. The monoisotopic (exact) mass is 338 g/mol. The summed E-state index contributed by atoms with van der Waals surface area (Å²) in [5, 5.41) is 6.56. The number of piperidine rings is 1. The standard InChI is InChI=1S/C16H23BrN2O/c1-11-5-6-12(9-13(11)17)15(20)19-10-14-16(2,3)7-4-8-18-14/h5-6,9,14,18H,4,7-8,10H2,1-3H3,(H,19,20). The summed E-state index contributed by atoms with van der Waals surface area (Å²) >= 11 is 3.47. The number of carbonyl (C=O) groups is 1. The molecule has 1 aliphatic rings. The molecule has 0 spiro atoms. The third-order valence-corrected chi connectivity index (χ3v) is 5.09. The molecular weight excluding hydrogens is 316 g/mol. The van der Waals surface area contributed by atoms with E-state index in [4.69, 9.17) is 0 Å². The second-order valence-corrected chi connectivity index (χ2v) is 7.13. The highest BCUT2D eigenvalue weighted by atomic mass is 79.9. The van der Waals surface area contributed by atoms with E-state index in [0.29, 0.717) is 18.2 Å². The number of hydrogen-bond donors (Lipinski definition) is 2. The van der Waals surface area contributed by atoms with E-state index >= 15 is 0 Å². The lowest BCUT2D eigenvalue weighted by Crippen LogP contribution is -2.52. The number of rotatable bonds is 3. The van der Waals surface area contributed by atoms with Crippen molar-refractivity contribution in [3.05, 3.63) is 33.8 Å². The molecule has 1 aliphatic heterocycles. The number of aryl methyl sites for hydroxylation is 1. The Labute approximate surface area is 129 Å². The molecule has 1 saturated heterocycles. The number of hydrogen-bond acceptors (Lipinski definition) is 2. The van der Waals surface area contributed by atoms with E-state index in [1.54, 1.807) is 0 Å². The molecule has 0 aliphatic carbocycles. The zero-order valence-electron chi connectivity index (χ0n) is 12.4. The first-order valence-corrected chi connectivity index (χ1v) is 7.97. The Kier molecular flexibility index (Phi) is 4.86. The van der Waals surface area contributed by atoms with Gasteiger partial charge in [-0.05, 0) is 49.4 Å². The van der Waals surface area contributed by atoms with Crippen molar-refractivity contribution in [3.63, 3.8) is 0 Å². The van der Waals surface area contributed by atoms with E-state index in [1.807, 2.05) is 25.1 Å². The van der Waals surface area contributed by atoms with Gasteiger partial charge < -0.3 is 10.6 Å². The van der Waals surface area contributed by atoms with Crippen molar-refractivity contribution < 1.29 is 4.79 Å². The zero-order chi connectivity index (χ0) is 14.8. The Balaban J connectivity index is 1.96. The Morgan fingerprint density at radius 2 is 2.25 bits per heavy atom. The maximum atomic E-state index is 12.2. The molecule has 1 fully saturated rings. The summed E-state index contributed by atoms with van der Waals surface area (Å²) in [5.41, 5.74) is 2.08. The van der Waals surface area contributed by atoms with Crippen LogP contribution in [0.3, 0.4) is 0 Å². The van der Waals surface area contributed by atoms with Gasteiger partial charge in [0.15, 0.2) is 0 Å². The molecule has 110 valence electrons. The summed E-state index contributed by atoms with van der Waals surface area (Å²) in [6.07, 6.45) is 2.42. The van der Waals surface area contributed by atoms with Crippen LogP contribution in [-0.2, 0) is 0 Å². The molecule has 0 saturated carbocycles. The van der Waals surface area contributed by atoms with E-state index in [0.717, 1.165) is 16.6 Å². The van der Waals surface area contributed by atoms with E-state index in [2.05, 4.69) is 40.4 Å². The zero-order valence-corrected chi connectivity index (χ0v) is 14.0. The topological polar surface area (TPSA) is 41.1 Å². The number of amides is 1. The normalized spacial score (nSPS) is 21.5. The average molecular weight is 339 g/mol. The van der Waals surface area contributed by atoms with Crippen LogP contribution in [0, 0.1) is 12.3 Å². The summed E-state index contributed by atoms with van der Waals surface area (Å²) in [7, 11) is 0. The average Bonchev–Trinajstić information content (AvgIpc) is 2.40. The fraction of sp³-hybridized carbons (Fsp3) is 0.562. The van der Waals surface area contributed by atoms with Crippen LogP contribution >= 0.6 is 15.9 Å². The second kappa shape index (κ2) is 6.27. The highest BCUT2D eigenvalue weighted by Crippen LogP contribution is 2.29. The number of benzene rings is 1. The number of carbonyl (C=O) groups excluding carboxylic acids is 1. The first-order chi connectivity index (χ1) is 9.40. The third kappa shape index (κ3) is 3.61. The maximum Gasteiger partial charge on any atom is 0.251 e. The van der Waals surface area contributed by atoms with Crippen molar-refractivity contribution in [2.45, 2.75) is 39.7 Å². The molecule has 2 rings (SSSR count). The molecule has 2 N–H and O–H groups in total. The van der Waals surface area contributed by atoms with Crippen molar-refractivity contribution in [2.75, 3.05) is 13.1 Å². The molecule has 0 bridgehead atoms. The van der Waals surface area contributed by atoms with Gasteiger partial charge in [-0.1, -0.05) is 35.8 Å². The van der Waals surface area contributed by atoms with Gasteiger partial charge in [-0.2, -0.15) is 0 Å². The third-order valence-electron chi connectivity index (χ3n) is 4.23. The van der Waals surface area contributed by atoms with E-state index in [-0.39, 0.29) is 11.3 Å². The van der Waals surface area contributed by atoms with Gasteiger partial charge in [-0.15, -0.1) is 0 Å². The van der Waals surface area contributed by atoms with Crippen LogP contribution in [0.15, 0.2) is 22.7 Å². The van der Waals surface area contributed by atoms with Crippen LogP contribution in [0.25, 0.3) is 0 Å². The molecule has 0 aromatic heterocycles. The van der Waals surface area contributed by atoms with Crippen molar-refractivity contribution in [2.24, 2.45) is 5.41 Å². The quantitative estimate of drug-likeness (QED) is 0.887. The van der Waals surface area contributed by atoms with Gasteiger partial charge in [0.1, 0.15) is 0 Å². The highest BCUT2D eigenvalue weighted by Gasteiger charge is 2.31. The Morgan fingerprint density at radius 3 is 2.90 bits per heavy atom. The number of halogens is 1. The van der Waals surface area contributed by atoms with Gasteiger partial charge in [-0.25, -0.2) is 0 Å². The molecule has 1 amide bonds. The molecular formula is C16H23BrN2O. The highest BCUT2D eigenvalue weighted by molar-refractivity contribution is 9.10. The van der Waals surface area contributed by atoms with Crippen molar-refractivity contribution in [1.29, 1.82) is 0 Å². The lowest BCUT2D eigenvalue weighted by Gasteiger charge is -2.39. The van der Waals surface area contributed by atoms with Crippen molar-refractivity contribution >= 4 is 21.8 Å². The first-order valence-electron chi connectivity index (χ1n) is 7.18. The SMILES string of the molecule is Cc1ccc(C(=O)NCC2NCCCC2(C)C)cc1Br. The van der Waals surface area contributed by atoms with Gasteiger partial charge in [0.2, 0.25) is 0 Å². The molecule has 1 aromatic carbocycles. The molecule has 0 radical (unpaired) electrons. The van der Waals surface area contributed by atoms with Crippen LogP contribution in [0.4, 0.5) is 0 Å².